The van der Waals surface area contributed by atoms with Crippen LogP contribution in [0.4, 0.5) is 4.39 Å². The van der Waals surface area contributed by atoms with E-state index in [2.05, 4.69) is 10.7 Å². The highest BCUT2D eigenvalue weighted by molar-refractivity contribution is 7.07. The van der Waals surface area contributed by atoms with E-state index in [0.717, 1.165) is 5.56 Å². The van der Waals surface area contributed by atoms with Crippen LogP contribution < -0.4 is 5.32 Å². The topological polar surface area (TPSA) is 32.3 Å². The number of nitrogens with one attached hydrogen (secondary N) is 1. The Morgan fingerprint density at radius 2 is 2.10 bits per heavy atom. The van der Waals surface area contributed by atoms with Crippen molar-refractivity contribution in [1.29, 1.82) is 0 Å². The molecule has 0 aliphatic carbocycles. The molecule has 0 radical (unpaired) electrons. The fourth-order valence-electron chi connectivity index (χ4n) is 1.99. The Labute approximate surface area is 122 Å². The predicted molar refractivity (Wildman–Crippen MR) is 79.5 cm³/mol. The minimum Gasteiger partial charge on any atom is -0.350 e. The number of hydrogen-bond acceptors (Lipinski definition) is 3. The molecule has 0 saturated heterocycles. The lowest BCUT2D eigenvalue weighted by Crippen LogP contribution is -2.34. The van der Waals surface area contributed by atoms with Gasteiger partial charge in [0.15, 0.2) is 0 Å². The van der Waals surface area contributed by atoms with Crippen LogP contribution in [0.5, 0.6) is 0 Å². The van der Waals surface area contributed by atoms with Gasteiger partial charge >= 0.3 is 0 Å². The Hall–Kier alpha value is -1.72. The molecule has 0 bridgehead atoms. The zero-order valence-electron chi connectivity index (χ0n) is 11.5. The molecule has 1 aromatic heterocycles. The third-order valence-electron chi connectivity index (χ3n) is 3.13. The normalized spacial score (nSPS) is 12.4. The molecule has 0 aliphatic rings. The highest BCUT2D eigenvalue weighted by Crippen LogP contribution is 2.20. The number of carbonyl (C=O) groups is 1. The Bertz CT molecular complexity index is 569. The van der Waals surface area contributed by atoms with Gasteiger partial charge in [0, 0.05) is 6.54 Å². The van der Waals surface area contributed by atoms with Gasteiger partial charge in [0.25, 0.3) is 5.91 Å². The fourth-order valence-corrected chi connectivity index (χ4v) is 2.70. The Morgan fingerprint density at radius 1 is 1.35 bits per heavy atom. The molecular formula is C15H17FN2OS. The summed E-state index contributed by atoms with van der Waals surface area (Å²) in [6, 6.07) is 8.11. The van der Waals surface area contributed by atoms with E-state index in [1.165, 1.54) is 12.1 Å². The predicted octanol–water partition coefficient (Wildman–Crippen LogP) is 2.92. The van der Waals surface area contributed by atoms with Crippen molar-refractivity contribution < 1.29 is 9.18 Å². The van der Waals surface area contributed by atoms with E-state index in [9.17, 15) is 9.18 Å². The van der Waals surface area contributed by atoms with E-state index in [-0.39, 0.29) is 17.5 Å². The van der Waals surface area contributed by atoms with Gasteiger partial charge in [-0.3, -0.25) is 4.79 Å². The van der Waals surface area contributed by atoms with E-state index in [4.69, 9.17) is 0 Å². The second kappa shape index (κ2) is 6.63. The van der Waals surface area contributed by atoms with Crippen LogP contribution in [0.1, 0.15) is 22.0 Å². The minimum atomic E-state index is -0.498. The zero-order chi connectivity index (χ0) is 14.5. The van der Waals surface area contributed by atoms with Crippen LogP contribution in [0.2, 0.25) is 0 Å². The summed E-state index contributed by atoms with van der Waals surface area (Å²) < 4.78 is 13.5. The number of halogens is 1. The largest absolute Gasteiger partial charge is 0.350 e. The first kappa shape index (κ1) is 14.7. The van der Waals surface area contributed by atoms with Gasteiger partial charge in [0.05, 0.1) is 11.6 Å². The summed E-state index contributed by atoms with van der Waals surface area (Å²) in [4.78, 5) is 14.0. The molecule has 0 aliphatic heterocycles. The molecule has 2 rings (SSSR count). The Kier molecular flexibility index (Phi) is 4.87. The molecule has 0 saturated carbocycles. The standard InChI is InChI=1S/C15H17FN2OS/c1-18(2)14(11-7-8-20-10-11)9-17-15(19)12-5-3-4-6-13(12)16/h3-8,10,14H,9H2,1-2H3,(H,17,19). The minimum absolute atomic E-state index is 0.0790. The first-order chi connectivity index (χ1) is 9.59. The van der Waals surface area contributed by atoms with Crippen LogP contribution >= 0.6 is 11.3 Å². The van der Waals surface area contributed by atoms with Crippen molar-refractivity contribution in [3.63, 3.8) is 0 Å². The van der Waals surface area contributed by atoms with E-state index in [1.54, 1.807) is 23.5 Å². The summed E-state index contributed by atoms with van der Waals surface area (Å²) in [5.41, 5.74) is 1.23. The molecule has 20 heavy (non-hydrogen) atoms. The molecule has 106 valence electrons. The second-order valence-corrected chi connectivity index (χ2v) is 5.51. The first-order valence-electron chi connectivity index (χ1n) is 6.31. The molecule has 0 fully saturated rings. The number of hydrogen-bond donors (Lipinski definition) is 1. The zero-order valence-corrected chi connectivity index (χ0v) is 12.3. The maximum absolute atomic E-state index is 13.5. The summed E-state index contributed by atoms with van der Waals surface area (Å²) >= 11 is 1.62. The van der Waals surface area contributed by atoms with Crippen LogP contribution in [0, 0.1) is 5.82 Å². The second-order valence-electron chi connectivity index (χ2n) is 4.73. The molecule has 3 nitrogen and oxygen atoms in total. The van der Waals surface area contributed by atoms with Gasteiger partial charge < -0.3 is 10.2 Å². The van der Waals surface area contributed by atoms with Crippen LogP contribution in [0.25, 0.3) is 0 Å². The van der Waals surface area contributed by atoms with Crippen molar-refractivity contribution in [1.82, 2.24) is 10.2 Å². The number of benzene rings is 1. The van der Waals surface area contributed by atoms with Crippen molar-refractivity contribution >= 4 is 17.2 Å². The van der Waals surface area contributed by atoms with Gasteiger partial charge in [-0.15, -0.1) is 0 Å². The van der Waals surface area contributed by atoms with Crippen molar-refractivity contribution in [3.05, 3.63) is 58.0 Å². The summed E-state index contributed by atoms with van der Waals surface area (Å²) in [5.74, 6) is -0.882. The summed E-state index contributed by atoms with van der Waals surface area (Å²) in [7, 11) is 3.91. The maximum atomic E-state index is 13.5. The third-order valence-corrected chi connectivity index (χ3v) is 3.83. The molecule has 2 aromatic rings. The van der Waals surface area contributed by atoms with Crippen LogP contribution in [0.3, 0.4) is 0 Å². The molecule has 1 amide bonds. The lowest BCUT2D eigenvalue weighted by Gasteiger charge is -2.24. The molecule has 1 heterocycles. The monoisotopic (exact) mass is 292 g/mol. The lowest BCUT2D eigenvalue weighted by atomic mass is 10.1. The number of likely N-dealkylation sites (N-methyl/N-ethyl adjacent to an activating group) is 1. The number of carbonyl (C=O) groups excluding carboxylic acids is 1. The highest BCUT2D eigenvalue weighted by Gasteiger charge is 2.17. The SMILES string of the molecule is CN(C)C(CNC(=O)c1ccccc1F)c1ccsc1. The average Bonchev–Trinajstić information content (AvgIpc) is 2.92. The maximum Gasteiger partial charge on any atom is 0.254 e. The molecule has 5 heteroatoms. The van der Waals surface area contributed by atoms with Gasteiger partial charge in [-0.05, 0) is 48.6 Å². The van der Waals surface area contributed by atoms with Gasteiger partial charge in [0.2, 0.25) is 0 Å². The number of thiophene rings is 1. The van der Waals surface area contributed by atoms with Crippen LogP contribution in [-0.2, 0) is 0 Å². The van der Waals surface area contributed by atoms with Crippen LogP contribution in [-0.4, -0.2) is 31.4 Å². The van der Waals surface area contributed by atoms with Gasteiger partial charge in [-0.25, -0.2) is 4.39 Å². The van der Waals surface area contributed by atoms with Crippen molar-refractivity contribution in [2.24, 2.45) is 0 Å². The van der Waals surface area contributed by atoms with Gasteiger partial charge in [0.1, 0.15) is 5.82 Å². The number of amides is 1. The highest BCUT2D eigenvalue weighted by atomic mass is 32.1. The number of nitrogens with zero attached hydrogens (tertiary/aromatic N) is 1. The summed E-state index contributed by atoms with van der Waals surface area (Å²) in [6.07, 6.45) is 0. The molecule has 1 unspecified atom stereocenters. The van der Waals surface area contributed by atoms with Crippen LogP contribution in [0.15, 0.2) is 41.1 Å². The number of rotatable bonds is 5. The third kappa shape index (κ3) is 3.43. The van der Waals surface area contributed by atoms with E-state index >= 15 is 0 Å². The quantitative estimate of drug-likeness (QED) is 0.919. The van der Waals surface area contributed by atoms with Crippen molar-refractivity contribution in [2.45, 2.75) is 6.04 Å². The molecule has 1 aromatic carbocycles. The summed E-state index contributed by atoms with van der Waals surface area (Å²) in [6.45, 7) is 0.441. The Morgan fingerprint density at radius 3 is 2.70 bits per heavy atom. The first-order valence-corrected chi connectivity index (χ1v) is 7.25. The lowest BCUT2D eigenvalue weighted by molar-refractivity contribution is 0.0938. The Balaban J connectivity index is 2.03. The molecule has 1 N–H and O–H groups in total. The van der Waals surface area contributed by atoms with E-state index in [0.29, 0.717) is 6.54 Å². The molecule has 1 atom stereocenters. The van der Waals surface area contributed by atoms with E-state index < -0.39 is 5.82 Å². The van der Waals surface area contributed by atoms with E-state index in [1.807, 2.05) is 30.4 Å². The van der Waals surface area contributed by atoms with Gasteiger partial charge in [-0.2, -0.15) is 11.3 Å². The fraction of sp³-hybridized carbons (Fsp3) is 0.267. The molecule has 0 spiro atoms. The smallest absolute Gasteiger partial charge is 0.254 e. The van der Waals surface area contributed by atoms with Gasteiger partial charge in [-0.1, -0.05) is 12.1 Å². The van der Waals surface area contributed by atoms with Crippen molar-refractivity contribution in [2.75, 3.05) is 20.6 Å². The average molecular weight is 292 g/mol. The summed E-state index contributed by atoms with van der Waals surface area (Å²) in [5, 5.41) is 6.85. The molecular weight excluding hydrogens is 275 g/mol. The van der Waals surface area contributed by atoms with Crippen molar-refractivity contribution in [3.8, 4) is 0 Å².